The molecule has 0 saturated carbocycles. The third kappa shape index (κ3) is 5.35. The minimum Gasteiger partial charge on any atom is -0.497 e. The van der Waals surface area contributed by atoms with Crippen molar-refractivity contribution in [2.45, 2.75) is 13.0 Å². The Morgan fingerprint density at radius 1 is 1.18 bits per heavy atom. The van der Waals surface area contributed by atoms with E-state index < -0.39 is 34.3 Å². The Morgan fingerprint density at radius 3 is 2.46 bits per heavy atom. The third-order valence-electron chi connectivity index (χ3n) is 4.06. The number of nitrogens with one attached hydrogen (secondary N) is 1. The molecule has 2 aromatic carbocycles. The predicted molar refractivity (Wildman–Crippen MR) is 105 cm³/mol. The lowest BCUT2D eigenvalue weighted by Gasteiger charge is -2.24. The van der Waals surface area contributed by atoms with E-state index in [0.29, 0.717) is 17.1 Å². The number of methoxy groups -OCH3 is 2. The summed E-state index contributed by atoms with van der Waals surface area (Å²) in [5.41, 5.74) is 0.746. The van der Waals surface area contributed by atoms with E-state index in [1.165, 1.54) is 32.4 Å². The summed E-state index contributed by atoms with van der Waals surface area (Å²) in [4.78, 5) is 12.5. The molecule has 0 saturated heterocycles. The highest BCUT2D eigenvalue weighted by Crippen LogP contribution is 2.29. The average molecular weight is 410 g/mol. The first kappa shape index (κ1) is 21.5. The second-order valence-corrected chi connectivity index (χ2v) is 8.05. The van der Waals surface area contributed by atoms with Gasteiger partial charge in [0.15, 0.2) is 0 Å². The zero-order valence-corrected chi connectivity index (χ0v) is 16.9. The van der Waals surface area contributed by atoms with Crippen molar-refractivity contribution >= 4 is 21.6 Å². The zero-order chi connectivity index (χ0) is 20.9. The van der Waals surface area contributed by atoms with Gasteiger partial charge in [-0.1, -0.05) is 6.07 Å². The Hall–Kier alpha value is -2.81. The molecule has 0 heterocycles. The van der Waals surface area contributed by atoms with E-state index in [1.54, 1.807) is 25.1 Å². The van der Waals surface area contributed by atoms with Gasteiger partial charge < -0.3 is 14.8 Å². The monoisotopic (exact) mass is 410 g/mol. The van der Waals surface area contributed by atoms with E-state index >= 15 is 0 Å². The molecule has 28 heavy (non-hydrogen) atoms. The van der Waals surface area contributed by atoms with Gasteiger partial charge in [-0.05, 0) is 43.3 Å². The molecule has 0 aromatic heterocycles. The van der Waals surface area contributed by atoms with Crippen LogP contribution < -0.4 is 19.1 Å². The quantitative estimate of drug-likeness (QED) is 0.723. The Labute approximate surface area is 164 Å². The number of carbonyl (C=O) groups excluding carboxylic acids is 1. The average Bonchev–Trinajstić information content (AvgIpc) is 2.64. The van der Waals surface area contributed by atoms with Crippen LogP contribution >= 0.6 is 0 Å². The summed E-state index contributed by atoms with van der Waals surface area (Å²) in [6.45, 7) is 1.25. The van der Waals surface area contributed by atoms with Gasteiger partial charge in [0, 0.05) is 5.56 Å². The van der Waals surface area contributed by atoms with Gasteiger partial charge in [-0.25, -0.2) is 12.8 Å². The Balaban J connectivity index is 2.21. The van der Waals surface area contributed by atoms with E-state index in [2.05, 4.69) is 5.32 Å². The lowest BCUT2D eigenvalue weighted by molar-refractivity contribution is -0.120. The molecule has 2 aromatic rings. The number of halogens is 1. The van der Waals surface area contributed by atoms with Crippen LogP contribution in [0.2, 0.25) is 0 Å². The topological polar surface area (TPSA) is 84.9 Å². The van der Waals surface area contributed by atoms with Crippen LogP contribution in [0.4, 0.5) is 10.1 Å². The van der Waals surface area contributed by atoms with Gasteiger partial charge in [0.2, 0.25) is 15.9 Å². The first-order chi connectivity index (χ1) is 13.2. The van der Waals surface area contributed by atoms with Gasteiger partial charge in [0.05, 0.1) is 32.2 Å². The minimum atomic E-state index is -3.79. The van der Waals surface area contributed by atoms with Gasteiger partial charge in [0.1, 0.15) is 23.9 Å². The first-order valence-electron chi connectivity index (χ1n) is 8.40. The summed E-state index contributed by atoms with van der Waals surface area (Å²) < 4.78 is 49.1. The van der Waals surface area contributed by atoms with Crippen molar-refractivity contribution in [3.63, 3.8) is 0 Å². The van der Waals surface area contributed by atoms with E-state index in [0.717, 1.165) is 16.6 Å². The van der Waals surface area contributed by atoms with Gasteiger partial charge in [-0.15, -0.1) is 0 Å². The number of hydrogen-bond donors (Lipinski definition) is 1. The lowest BCUT2D eigenvalue weighted by Crippen LogP contribution is -2.41. The number of rotatable bonds is 8. The smallest absolute Gasteiger partial charge is 0.241 e. The van der Waals surface area contributed by atoms with E-state index in [-0.39, 0.29) is 5.69 Å². The summed E-state index contributed by atoms with van der Waals surface area (Å²) in [5, 5.41) is 2.73. The van der Waals surface area contributed by atoms with Crippen molar-refractivity contribution in [1.29, 1.82) is 0 Å². The van der Waals surface area contributed by atoms with Crippen molar-refractivity contribution in [2.24, 2.45) is 0 Å². The van der Waals surface area contributed by atoms with Crippen LogP contribution in [-0.4, -0.2) is 41.3 Å². The number of benzene rings is 2. The molecule has 9 heteroatoms. The van der Waals surface area contributed by atoms with Crippen molar-refractivity contribution in [3.05, 3.63) is 53.8 Å². The van der Waals surface area contributed by atoms with Crippen LogP contribution in [0.5, 0.6) is 11.5 Å². The van der Waals surface area contributed by atoms with Crippen LogP contribution in [-0.2, 0) is 14.8 Å². The van der Waals surface area contributed by atoms with Crippen LogP contribution in [0.25, 0.3) is 0 Å². The number of sulfonamides is 1. The van der Waals surface area contributed by atoms with Crippen LogP contribution in [0, 0.1) is 5.82 Å². The molecule has 0 aliphatic rings. The van der Waals surface area contributed by atoms with E-state index in [9.17, 15) is 17.6 Å². The molecule has 0 spiro atoms. The second-order valence-electron chi connectivity index (χ2n) is 6.15. The molecule has 7 nitrogen and oxygen atoms in total. The summed E-state index contributed by atoms with van der Waals surface area (Å²) in [5.74, 6) is 0.00113. The first-order valence-corrected chi connectivity index (χ1v) is 10.2. The number of carbonyl (C=O) groups is 1. The summed E-state index contributed by atoms with van der Waals surface area (Å²) >= 11 is 0. The Bertz CT molecular complexity index is 949. The maximum Gasteiger partial charge on any atom is 0.241 e. The highest BCUT2D eigenvalue weighted by Gasteiger charge is 2.23. The van der Waals surface area contributed by atoms with Crippen molar-refractivity contribution in [2.75, 3.05) is 31.3 Å². The Morgan fingerprint density at radius 2 is 1.89 bits per heavy atom. The fourth-order valence-corrected chi connectivity index (χ4v) is 3.55. The molecule has 0 aliphatic carbocycles. The molecular formula is C19H23FN2O5S. The normalized spacial score (nSPS) is 12.2. The third-order valence-corrected chi connectivity index (χ3v) is 5.21. The maximum atomic E-state index is 13.5. The molecule has 0 bridgehead atoms. The van der Waals surface area contributed by atoms with Crippen LogP contribution in [0.1, 0.15) is 18.5 Å². The molecule has 1 atom stereocenters. The molecule has 0 fully saturated rings. The second kappa shape index (κ2) is 8.92. The summed E-state index contributed by atoms with van der Waals surface area (Å²) in [7, 11) is -0.758. The van der Waals surface area contributed by atoms with Crippen molar-refractivity contribution < 1.29 is 27.1 Å². The number of hydrogen-bond acceptors (Lipinski definition) is 5. The minimum absolute atomic E-state index is 0.0734. The van der Waals surface area contributed by atoms with Crippen LogP contribution in [0.3, 0.4) is 0 Å². The molecule has 1 amide bonds. The zero-order valence-electron chi connectivity index (χ0n) is 16.1. The van der Waals surface area contributed by atoms with Gasteiger partial charge in [0.25, 0.3) is 0 Å². The van der Waals surface area contributed by atoms with Gasteiger partial charge >= 0.3 is 0 Å². The number of amides is 1. The molecular weight excluding hydrogens is 387 g/mol. The van der Waals surface area contributed by atoms with Gasteiger partial charge in [-0.2, -0.15) is 0 Å². The molecule has 0 aliphatic heterocycles. The molecule has 152 valence electrons. The number of nitrogens with zero attached hydrogens (tertiary/aromatic N) is 1. The fraction of sp³-hybridized carbons (Fsp3) is 0.316. The molecule has 2 rings (SSSR count). The fourth-order valence-electron chi connectivity index (χ4n) is 2.70. The van der Waals surface area contributed by atoms with Crippen molar-refractivity contribution in [1.82, 2.24) is 5.32 Å². The summed E-state index contributed by atoms with van der Waals surface area (Å²) in [6.07, 6.45) is 0.958. The summed E-state index contributed by atoms with van der Waals surface area (Å²) in [6, 6.07) is 9.75. The SMILES string of the molecule is COc1ccc(OC)c([C@H](C)NC(=O)CN(c2cccc(F)c2)S(C)(=O)=O)c1. The highest BCUT2D eigenvalue weighted by atomic mass is 32.2. The number of ether oxygens (including phenoxy) is 2. The van der Waals surface area contributed by atoms with E-state index in [1.807, 2.05) is 0 Å². The molecule has 0 unspecified atom stereocenters. The van der Waals surface area contributed by atoms with E-state index in [4.69, 9.17) is 9.47 Å². The maximum absolute atomic E-state index is 13.5. The van der Waals surface area contributed by atoms with Crippen LogP contribution in [0.15, 0.2) is 42.5 Å². The van der Waals surface area contributed by atoms with Crippen molar-refractivity contribution in [3.8, 4) is 11.5 Å². The largest absolute Gasteiger partial charge is 0.497 e. The number of anilines is 1. The van der Waals surface area contributed by atoms with Gasteiger partial charge in [-0.3, -0.25) is 9.10 Å². The standard InChI is InChI=1S/C19H23FN2O5S/c1-13(17-11-16(26-2)8-9-18(17)27-3)21-19(23)12-22(28(4,24)25)15-7-5-6-14(20)10-15/h5-11,13H,12H2,1-4H3,(H,21,23)/t13-/m0/s1. The Kier molecular flexibility index (Phi) is 6.85. The molecule has 1 N–H and O–H groups in total. The molecule has 0 radical (unpaired) electrons. The lowest BCUT2D eigenvalue weighted by atomic mass is 10.1. The predicted octanol–water partition coefficient (Wildman–Crippen LogP) is 2.49. The highest BCUT2D eigenvalue weighted by molar-refractivity contribution is 7.92.